The van der Waals surface area contributed by atoms with Crippen molar-refractivity contribution in [2.45, 2.75) is 12.4 Å². The van der Waals surface area contributed by atoms with E-state index < -0.39 is 23.9 Å². The molecule has 4 rings (SSSR count). The lowest BCUT2D eigenvalue weighted by molar-refractivity contribution is -0.344. The summed E-state index contributed by atoms with van der Waals surface area (Å²) in [6.45, 7) is 4.98. The Morgan fingerprint density at radius 2 is 1.65 bits per heavy atom. The van der Waals surface area contributed by atoms with Gasteiger partial charge in [-0.05, 0) is 24.3 Å². The van der Waals surface area contributed by atoms with Crippen molar-refractivity contribution in [2.75, 3.05) is 71.6 Å². The van der Waals surface area contributed by atoms with Gasteiger partial charge in [-0.1, -0.05) is 0 Å². The summed E-state index contributed by atoms with van der Waals surface area (Å²) in [5.41, 5.74) is 1.45. The number of carboxylic acid groups (broad SMARTS) is 1. The maximum atomic E-state index is 14.0. The zero-order chi connectivity index (χ0) is 29.5. The molecular weight excluding hydrogens is 566 g/mol. The Morgan fingerprint density at radius 3 is 2.17 bits per heavy atom. The van der Waals surface area contributed by atoms with Gasteiger partial charge >= 0.3 is 12.4 Å². The molecule has 40 heavy (non-hydrogen) atoms. The zero-order valence-electron chi connectivity index (χ0n) is 21.7. The molecule has 0 spiro atoms. The number of fused-ring (bicyclic) bond motifs is 2. The number of ether oxygens (including phenoxy) is 2. The van der Waals surface area contributed by atoms with Gasteiger partial charge in [0.2, 0.25) is 5.36 Å². The summed E-state index contributed by atoms with van der Waals surface area (Å²) in [7, 11) is 3.07. The Hall–Kier alpha value is -3.01. The zero-order valence-corrected chi connectivity index (χ0v) is 22.5. The van der Waals surface area contributed by atoms with Crippen LogP contribution in [0.3, 0.4) is 0 Å². The Kier molecular flexibility index (Phi) is 10.7. The van der Waals surface area contributed by atoms with E-state index in [1.165, 1.54) is 25.6 Å². The first-order valence-electron chi connectivity index (χ1n) is 12.1. The van der Waals surface area contributed by atoms with Gasteiger partial charge < -0.3 is 29.6 Å². The largest absolute Gasteiger partial charge is 0.542 e. The topological polar surface area (TPSA) is 89.8 Å². The fourth-order valence-electron chi connectivity index (χ4n) is 4.02. The standard InChI is InChI=1S/C23H28F3N4O2S.C2HF3O2/c1-31-11-9-30(10-12-32-2)20-15-22-19(14-17(20)23(24,25)26)28-18-4-3-16(13-21(18)33-22)29-7-5-27-6-8-29;3-2(4,5)1(6)7/h3-4,13-15,27H,5-12H2,1-2H3;(H,6,7)/q+1;/p-1. The van der Waals surface area contributed by atoms with Gasteiger partial charge in [-0.3, -0.25) is 0 Å². The lowest BCUT2D eigenvalue weighted by Crippen LogP contribution is -2.43. The highest BCUT2D eigenvalue weighted by molar-refractivity contribution is 7.21. The number of nitrogens with zero attached hydrogens (tertiary/aromatic N) is 3. The first-order chi connectivity index (χ1) is 18.8. The number of halogens is 6. The smallest absolute Gasteiger partial charge is 0.430 e. The number of piperazine rings is 1. The fourth-order valence-corrected chi connectivity index (χ4v) is 5.03. The molecule has 1 saturated heterocycles. The van der Waals surface area contributed by atoms with Crippen LogP contribution in [0.15, 0.2) is 30.3 Å². The van der Waals surface area contributed by atoms with Gasteiger partial charge in [-0.15, -0.1) is 11.3 Å². The van der Waals surface area contributed by atoms with E-state index in [4.69, 9.17) is 19.4 Å². The summed E-state index contributed by atoms with van der Waals surface area (Å²) < 4.78 is 86.5. The Balaban J connectivity index is 0.000000559. The molecule has 8 nitrogen and oxygen atoms in total. The van der Waals surface area contributed by atoms with Gasteiger partial charge in [0.25, 0.3) is 0 Å². The summed E-state index contributed by atoms with van der Waals surface area (Å²) in [6, 6.07) is 8.75. The van der Waals surface area contributed by atoms with Gasteiger partial charge in [0.15, 0.2) is 13.1 Å². The molecule has 1 aromatic carbocycles. The van der Waals surface area contributed by atoms with E-state index in [1.807, 2.05) is 12.1 Å². The van der Waals surface area contributed by atoms with Crippen molar-refractivity contribution in [2.24, 2.45) is 0 Å². The van der Waals surface area contributed by atoms with Crippen molar-refractivity contribution in [3.05, 3.63) is 41.3 Å². The van der Waals surface area contributed by atoms with E-state index in [-0.39, 0.29) is 5.36 Å². The number of hydrogen-bond donors (Lipinski definition) is 1. The van der Waals surface area contributed by atoms with Gasteiger partial charge in [0, 0.05) is 52.2 Å². The molecule has 0 unspecified atom stereocenters. The van der Waals surface area contributed by atoms with Crippen LogP contribution in [0.4, 0.5) is 32.0 Å². The number of aromatic nitrogens is 1. The van der Waals surface area contributed by atoms with E-state index in [0.29, 0.717) is 42.4 Å². The molecule has 2 aliphatic heterocycles. The number of hydrogen-bond acceptors (Lipinski definition) is 8. The Morgan fingerprint density at radius 1 is 1.05 bits per heavy atom. The molecule has 1 fully saturated rings. The number of alkyl halides is 6. The first-order valence-corrected chi connectivity index (χ1v) is 12.9. The van der Waals surface area contributed by atoms with Crippen LogP contribution in [0.1, 0.15) is 5.56 Å². The second kappa shape index (κ2) is 13.6. The number of anilines is 1. The first kappa shape index (κ1) is 31.5. The predicted octanol–water partition coefficient (Wildman–Crippen LogP) is 2.19. The minimum Gasteiger partial charge on any atom is -0.542 e. The molecule has 0 radical (unpaired) electrons. The number of nitrogens with one attached hydrogen (secondary N) is 1. The third-order valence-corrected chi connectivity index (χ3v) is 7.07. The van der Waals surface area contributed by atoms with Gasteiger partial charge in [-0.2, -0.15) is 26.3 Å². The number of carbonyl (C=O) groups excluding carboxylic acids is 1. The Bertz CT molecular complexity index is 1330. The fraction of sp³-hybridized carbons (Fsp3) is 0.480. The van der Waals surface area contributed by atoms with Crippen molar-refractivity contribution in [3.8, 4) is 10.6 Å². The van der Waals surface area contributed by atoms with Crippen LogP contribution in [0, 0.1) is 0 Å². The molecule has 1 aliphatic carbocycles. The molecule has 0 bridgehead atoms. The highest BCUT2D eigenvalue weighted by Crippen LogP contribution is 2.35. The molecule has 0 aromatic heterocycles. The van der Waals surface area contributed by atoms with Crippen molar-refractivity contribution >= 4 is 33.2 Å². The summed E-state index contributed by atoms with van der Waals surface area (Å²) >= 11 is 1.47. The number of methoxy groups -OCH3 is 2. The number of carboxylic acids is 1. The van der Waals surface area contributed by atoms with E-state index in [2.05, 4.69) is 21.3 Å². The summed E-state index contributed by atoms with van der Waals surface area (Å²) in [5, 5.41) is 12.3. The molecule has 1 aromatic rings. The predicted molar refractivity (Wildman–Crippen MR) is 136 cm³/mol. The maximum Gasteiger partial charge on any atom is 0.430 e. The molecule has 15 heteroatoms. The van der Waals surface area contributed by atoms with Crippen LogP contribution in [0.25, 0.3) is 20.8 Å². The highest BCUT2D eigenvalue weighted by atomic mass is 32.1. The maximum absolute atomic E-state index is 14.0. The van der Waals surface area contributed by atoms with E-state index in [0.717, 1.165) is 42.6 Å². The summed E-state index contributed by atoms with van der Waals surface area (Å²) in [4.78, 5) is 16.4. The van der Waals surface area contributed by atoms with Crippen LogP contribution in [0.5, 0.6) is 0 Å². The Labute approximate surface area is 229 Å². The number of rotatable bonds is 7. The average Bonchev–Trinajstić information content (AvgIpc) is 2.91. The van der Waals surface area contributed by atoms with Crippen LogP contribution < -0.4 is 25.3 Å². The number of benzene rings is 2. The molecule has 3 aliphatic rings. The lowest BCUT2D eigenvalue weighted by atomic mass is 10.1. The monoisotopic (exact) mass is 594 g/mol. The van der Waals surface area contributed by atoms with E-state index >= 15 is 0 Å². The van der Waals surface area contributed by atoms with Gasteiger partial charge in [0.1, 0.15) is 24.7 Å². The molecule has 220 valence electrons. The van der Waals surface area contributed by atoms with Crippen molar-refractivity contribution in [1.82, 2.24) is 14.9 Å². The molecule has 0 atom stereocenters. The van der Waals surface area contributed by atoms with E-state index in [9.17, 15) is 26.3 Å². The third-order valence-electron chi connectivity index (χ3n) is 5.97. The quantitative estimate of drug-likeness (QED) is 0.255. The average molecular weight is 595 g/mol. The van der Waals surface area contributed by atoms with Gasteiger partial charge in [-0.25, -0.2) is 9.56 Å². The lowest BCUT2D eigenvalue weighted by Gasteiger charge is -2.29. The third kappa shape index (κ3) is 8.25. The molecule has 0 saturated carbocycles. The minimum absolute atomic E-state index is 0.125. The molecular formula is C25H28F6N4O4S. The number of carbonyl (C=O) groups is 1. The van der Waals surface area contributed by atoms with Crippen LogP contribution in [0.2, 0.25) is 0 Å². The molecule has 1 N–H and O–H groups in total. The highest BCUT2D eigenvalue weighted by Gasteiger charge is 2.37. The van der Waals surface area contributed by atoms with Crippen LogP contribution in [-0.4, -0.2) is 83.8 Å². The second-order valence-corrected chi connectivity index (χ2v) is 9.78. The molecule has 2 heterocycles. The summed E-state index contributed by atoms with van der Waals surface area (Å²) in [6.07, 6.45) is -9.70. The molecule has 0 amide bonds. The van der Waals surface area contributed by atoms with Crippen LogP contribution in [-0.2, 0) is 20.4 Å². The van der Waals surface area contributed by atoms with Crippen molar-refractivity contribution in [1.29, 1.82) is 0 Å². The van der Waals surface area contributed by atoms with Crippen molar-refractivity contribution in [3.63, 3.8) is 0 Å². The normalized spacial score (nSPS) is 14.2. The second-order valence-electron chi connectivity index (χ2n) is 8.70. The number of aliphatic carboxylic acids is 1. The van der Waals surface area contributed by atoms with Crippen molar-refractivity contribution < 1.29 is 45.7 Å². The van der Waals surface area contributed by atoms with E-state index in [1.54, 1.807) is 10.6 Å². The SMILES string of the molecule is COCC[N+](CCOC)=c1cc2sc3cc(N4CCNCC4)ccc3nc-2cc1C(F)(F)F.O=C([O-])C(F)(F)F. The summed E-state index contributed by atoms with van der Waals surface area (Å²) in [5.74, 6) is -3.01. The minimum atomic E-state index is -5.19. The van der Waals surface area contributed by atoms with Crippen LogP contribution >= 0.6 is 11.3 Å². The van der Waals surface area contributed by atoms with Gasteiger partial charge in [0.05, 0.1) is 20.8 Å².